The molecule has 0 unspecified atom stereocenters. The van der Waals surface area contributed by atoms with Gasteiger partial charge in [-0.1, -0.05) is 33.1 Å². The summed E-state index contributed by atoms with van der Waals surface area (Å²) in [6.45, 7) is 5.45. The van der Waals surface area contributed by atoms with Crippen molar-refractivity contribution in [3.8, 4) is 0 Å². The van der Waals surface area contributed by atoms with Crippen LogP contribution >= 0.6 is 0 Å². The summed E-state index contributed by atoms with van der Waals surface area (Å²) in [6, 6.07) is 0.392. The lowest BCUT2D eigenvalue weighted by Crippen LogP contribution is -2.57. The molecule has 4 aliphatic rings. The van der Waals surface area contributed by atoms with Crippen molar-refractivity contribution in [1.29, 1.82) is 0 Å². The second kappa shape index (κ2) is 4.00. The fourth-order valence-electron chi connectivity index (χ4n) is 5.81. The molecule has 4 bridgehead atoms. The van der Waals surface area contributed by atoms with Crippen LogP contribution in [0.4, 0.5) is 0 Å². The lowest BCUT2D eigenvalue weighted by molar-refractivity contribution is -0.156. The molecule has 4 fully saturated rings. The van der Waals surface area contributed by atoms with Crippen LogP contribution in [0.1, 0.15) is 65.2 Å². The highest BCUT2D eigenvalue weighted by Crippen LogP contribution is 2.75. The van der Waals surface area contributed by atoms with Crippen LogP contribution in [0.3, 0.4) is 0 Å². The molecule has 0 aromatic rings. The fourth-order valence-corrected chi connectivity index (χ4v) is 5.81. The normalized spacial score (nSPS) is 50.6. The van der Waals surface area contributed by atoms with Crippen molar-refractivity contribution in [3.63, 3.8) is 0 Å². The van der Waals surface area contributed by atoms with Gasteiger partial charge in [0.15, 0.2) is 5.60 Å². The largest absolute Gasteiger partial charge is 0.364 e. The zero-order valence-corrected chi connectivity index (χ0v) is 12.8. The second-order valence-electron chi connectivity index (χ2n) is 8.11. The van der Waals surface area contributed by atoms with Gasteiger partial charge in [-0.15, -0.1) is 0 Å². The molecule has 4 atom stereocenters. The van der Waals surface area contributed by atoms with Gasteiger partial charge in [0.25, 0.3) is 5.91 Å². The van der Waals surface area contributed by atoms with E-state index in [0.717, 1.165) is 32.3 Å². The standard InChI is InChI=1S/C17H27NO2/c1-15-11-20-17(10-12(15)8-9-16(15,17)2)14(19)18-13-6-4-3-5-7-13/h12-13H,3-11H2,1-2H3,(H,18,19)/t12-,15-,16+,17-/m0/s1. The molecule has 4 rings (SSSR count). The first-order chi connectivity index (χ1) is 9.52. The molecule has 3 aliphatic carbocycles. The number of ether oxygens (including phenoxy) is 1. The third kappa shape index (κ3) is 1.33. The van der Waals surface area contributed by atoms with Gasteiger partial charge in [-0.2, -0.15) is 0 Å². The van der Waals surface area contributed by atoms with Crippen LogP contribution in [-0.2, 0) is 9.53 Å². The average molecular weight is 277 g/mol. The topological polar surface area (TPSA) is 38.3 Å². The summed E-state index contributed by atoms with van der Waals surface area (Å²) in [5.41, 5.74) is -0.220. The van der Waals surface area contributed by atoms with Crippen LogP contribution in [0, 0.1) is 16.7 Å². The average Bonchev–Trinajstić information content (AvgIpc) is 2.92. The Hall–Kier alpha value is -0.570. The number of amides is 1. The second-order valence-corrected chi connectivity index (χ2v) is 8.11. The van der Waals surface area contributed by atoms with E-state index < -0.39 is 5.60 Å². The summed E-state index contributed by atoms with van der Waals surface area (Å²) in [5.74, 6) is 0.899. The predicted octanol–water partition coefficient (Wildman–Crippen LogP) is 3.03. The highest BCUT2D eigenvalue weighted by molar-refractivity contribution is 5.88. The first-order valence-corrected chi connectivity index (χ1v) is 8.47. The van der Waals surface area contributed by atoms with Crippen molar-refractivity contribution in [1.82, 2.24) is 5.32 Å². The van der Waals surface area contributed by atoms with Gasteiger partial charge in [0.1, 0.15) is 0 Å². The molecular formula is C17H27NO2. The maximum atomic E-state index is 13.0. The van der Waals surface area contributed by atoms with Crippen LogP contribution in [-0.4, -0.2) is 24.2 Å². The lowest BCUT2D eigenvalue weighted by atomic mass is 9.66. The van der Waals surface area contributed by atoms with Gasteiger partial charge in [0, 0.05) is 16.9 Å². The Morgan fingerprint density at radius 2 is 1.90 bits per heavy atom. The minimum Gasteiger partial charge on any atom is -0.364 e. The maximum Gasteiger partial charge on any atom is 0.253 e. The van der Waals surface area contributed by atoms with Crippen molar-refractivity contribution in [2.75, 3.05) is 6.61 Å². The molecule has 1 heterocycles. The van der Waals surface area contributed by atoms with Crippen molar-refractivity contribution >= 4 is 5.91 Å². The van der Waals surface area contributed by atoms with Gasteiger partial charge in [-0.3, -0.25) is 4.79 Å². The van der Waals surface area contributed by atoms with E-state index in [1.807, 2.05) is 0 Å². The van der Waals surface area contributed by atoms with Crippen LogP contribution in [0.5, 0.6) is 0 Å². The Kier molecular flexibility index (Phi) is 2.62. The molecule has 1 aliphatic heterocycles. The Morgan fingerprint density at radius 1 is 1.15 bits per heavy atom. The molecule has 1 N–H and O–H groups in total. The van der Waals surface area contributed by atoms with E-state index in [1.165, 1.54) is 25.7 Å². The Labute approximate surface area is 121 Å². The summed E-state index contributed by atoms with van der Waals surface area (Å²) < 4.78 is 6.17. The first-order valence-electron chi connectivity index (χ1n) is 8.47. The van der Waals surface area contributed by atoms with E-state index in [9.17, 15) is 4.79 Å². The number of hydrogen-bond donors (Lipinski definition) is 1. The summed E-state index contributed by atoms with van der Waals surface area (Å²) in [4.78, 5) is 13.0. The molecule has 3 heteroatoms. The quantitative estimate of drug-likeness (QED) is 0.842. The number of carbonyl (C=O) groups excluding carboxylic acids is 1. The molecule has 1 saturated heterocycles. The van der Waals surface area contributed by atoms with Crippen LogP contribution in [0.2, 0.25) is 0 Å². The molecule has 0 aromatic carbocycles. The smallest absolute Gasteiger partial charge is 0.253 e. The van der Waals surface area contributed by atoms with Crippen LogP contribution in [0.15, 0.2) is 0 Å². The minimum absolute atomic E-state index is 0.0589. The monoisotopic (exact) mass is 277 g/mol. The van der Waals surface area contributed by atoms with Crippen LogP contribution in [0.25, 0.3) is 0 Å². The van der Waals surface area contributed by atoms with E-state index >= 15 is 0 Å². The van der Waals surface area contributed by atoms with Crippen molar-refractivity contribution < 1.29 is 9.53 Å². The van der Waals surface area contributed by atoms with Gasteiger partial charge in [0.05, 0.1) is 6.61 Å². The minimum atomic E-state index is -0.512. The predicted molar refractivity (Wildman–Crippen MR) is 77.3 cm³/mol. The third-order valence-corrected chi connectivity index (χ3v) is 7.51. The molecule has 3 nitrogen and oxygen atoms in total. The van der Waals surface area contributed by atoms with E-state index in [2.05, 4.69) is 19.2 Å². The Bertz CT molecular complexity index is 444. The Morgan fingerprint density at radius 3 is 2.55 bits per heavy atom. The van der Waals surface area contributed by atoms with Crippen molar-refractivity contribution in [2.24, 2.45) is 16.7 Å². The van der Waals surface area contributed by atoms with Gasteiger partial charge in [-0.05, 0) is 38.0 Å². The molecule has 20 heavy (non-hydrogen) atoms. The van der Waals surface area contributed by atoms with Gasteiger partial charge < -0.3 is 10.1 Å². The molecule has 0 radical (unpaired) electrons. The molecule has 0 aromatic heterocycles. The summed E-state index contributed by atoms with van der Waals surface area (Å²) in [7, 11) is 0. The fraction of sp³-hybridized carbons (Fsp3) is 0.941. The number of hydrogen-bond acceptors (Lipinski definition) is 2. The molecule has 1 amide bonds. The molecule has 112 valence electrons. The number of carbonyl (C=O) groups is 1. The summed E-state index contributed by atoms with van der Waals surface area (Å²) in [6.07, 6.45) is 9.55. The highest BCUT2D eigenvalue weighted by Gasteiger charge is 2.78. The molecule has 0 spiro atoms. The van der Waals surface area contributed by atoms with E-state index in [4.69, 9.17) is 4.74 Å². The lowest BCUT2D eigenvalue weighted by Gasteiger charge is -2.41. The van der Waals surface area contributed by atoms with E-state index in [-0.39, 0.29) is 16.7 Å². The number of nitrogens with one attached hydrogen (secondary N) is 1. The third-order valence-electron chi connectivity index (χ3n) is 7.51. The molecule has 3 saturated carbocycles. The van der Waals surface area contributed by atoms with E-state index in [0.29, 0.717) is 12.0 Å². The summed E-state index contributed by atoms with van der Waals surface area (Å²) >= 11 is 0. The highest BCUT2D eigenvalue weighted by atomic mass is 16.5. The molecular weight excluding hydrogens is 250 g/mol. The maximum absolute atomic E-state index is 13.0. The SMILES string of the molecule is C[C@]12CC[C@H]3C[C@@]1(C(=O)NC1CCCCC1)OC[C@@]32C. The van der Waals surface area contributed by atoms with Crippen LogP contribution < -0.4 is 5.32 Å². The number of rotatable bonds is 2. The van der Waals surface area contributed by atoms with Crippen molar-refractivity contribution in [2.45, 2.75) is 76.9 Å². The summed E-state index contributed by atoms with van der Waals surface area (Å²) in [5, 5.41) is 3.34. The van der Waals surface area contributed by atoms with Gasteiger partial charge in [0.2, 0.25) is 0 Å². The first kappa shape index (κ1) is 13.1. The zero-order valence-electron chi connectivity index (χ0n) is 12.8. The Balaban J connectivity index is 1.57. The van der Waals surface area contributed by atoms with E-state index in [1.54, 1.807) is 0 Å². The van der Waals surface area contributed by atoms with Gasteiger partial charge in [-0.25, -0.2) is 0 Å². The van der Waals surface area contributed by atoms with Crippen molar-refractivity contribution in [3.05, 3.63) is 0 Å². The zero-order chi connectivity index (χ0) is 14.0. The van der Waals surface area contributed by atoms with Gasteiger partial charge >= 0.3 is 0 Å².